The van der Waals surface area contributed by atoms with E-state index in [4.69, 9.17) is 16.3 Å². The molecule has 0 amide bonds. The van der Waals surface area contributed by atoms with Crippen molar-refractivity contribution < 1.29 is 4.74 Å². The van der Waals surface area contributed by atoms with Crippen molar-refractivity contribution in [2.24, 2.45) is 0 Å². The number of unbranched alkanes of at least 4 members (excludes halogenated alkanes) is 1. The fourth-order valence-corrected chi connectivity index (χ4v) is 2.50. The monoisotopic (exact) mass is 297 g/mol. The summed E-state index contributed by atoms with van der Waals surface area (Å²) in [4.78, 5) is 0. The zero-order valence-electron chi connectivity index (χ0n) is 10.7. The molecule has 0 saturated carbocycles. The van der Waals surface area contributed by atoms with E-state index in [-0.39, 0.29) is 0 Å². The Labute approximate surface area is 121 Å². The molecule has 0 unspecified atom stereocenters. The maximum atomic E-state index is 5.88. The minimum absolute atomic E-state index is 0.692. The van der Waals surface area contributed by atoms with Crippen LogP contribution in [0.25, 0.3) is 0 Å². The number of hydrogen-bond acceptors (Lipinski definition) is 5. The smallest absolute Gasteiger partial charge is 0.205 e. The normalized spacial score (nSPS) is 10.4. The third-order valence-electron chi connectivity index (χ3n) is 2.53. The third-order valence-corrected chi connectivity index (χ3v) is 3.77. The molecule has 0 aliphatic rings. The number of halogens is 1. The van der Waals surface area contributed by atoms with Gasteiger partial charge in [0.1, 0.15) is 10.8 Å². The molecule has 0 fully saturated rings. The number of nitrogens with zero attached hydrogens (tertiary/aromatic N) is 2. The van der Waals surface area contributed by atoms with Crippen LogP contribution in [0.5, 0.6) is 5.75 Å². The number of hydrogen-bond donors (Lipinski definition) is 1. The van der Waals surface area contributed by atoms with Crippen molar-refractivity contribution in [1.29, 1.82) is 0 Å². The molecule has 0 spiro atoms. The number of ether oxygens (including phenoxy) is 1. The number of aromatic nitrogens is 2. The van der Waals surface area contributed by atoms with Crippen molar-refractivity contribution in [3.8, 4) is 5.75 Å². The van der Waals surface area contributed by atoms with E-state index in [1.54, 1.807) is 11.3 Å². The summed E-state index contributed by atoms with van der Waals surface area (Å²) in [7, 11) is 1.85. The van der Waals surface area contributed by atoms with Crippen molar-refractivity contribution >= 4 is 28.1 Å². The van der Waals surface area contributed by atoms with E-state index in [9.17, 15) is 0 Å². The van der Waals surface area contributed by atoms with E-state index in [1.807, 2.05) is 31.3 Å². The molecular weight excluding hydrogens is 282 g/mol. The number of anilines is 1. The molecule has 4 nitrogen and oxygen atoms in total. The fourth-order valence-electron chi connectivity index (χ4n) is 1.58. The van der Waals surface area contributed by atoms with Crippen LogP contribution in [-0.4, -0.2) is 23.9 Å². The summed E-state index contributed by atoms with van der Waals surface area (Å²) in [6, 6.07) is 7.46. The highest BCUT2D eigenvalue weighted by atomic mass is 35.5. The third kappa shape index (κ3) is 4.69. The summed E-state index contributed by atoms with van der Waals surface area (Å²) in [5.74, 6) is 0.820. The van der Waals surface area contributed by atoms with Crippen LogP contribution in [0, 0.1) is 0 Å². The lowest BCUT2D eigenvalue weighted by Crippen LogP contribution is -1.98. The summed E-state index contributed by atoms with van der Waals surface area (Å²) in [5.41, 5.74) is 0. The van der Waals surface area contributed by atoms with Crippen molar-refractivity contribution in [3.05, 3.63) is 34.3 Å². The Hall–Kier alpha value is -1.33. The number of benzene rings is 1. The van der Waals surface area contributed by atoms with Crippen LogP contribution in [-0.2, 0) is 6.42 Å². The molecule has 1 aromatic heterocycles. The molecule has 0 bridgehead atoms. The van der Waals surface area contributed by atoms with Crippen molar-refractivity contribution in [2.45, 2.75) is 19.3 Å². The average molecular weight is 298 g/mol. The molecular formula is C13H16ClN3OS. The first kappa shape index (κ1) is 14.1. The maximum Gasteiger partial charge on any atom is 0.205 e. The molecule has 19 heavy (non-hydrogen) atoms. The van der Waals surface area contributed by atoms with Gasteiger partial charge in [0.2, 0.25) is 5.13 Å². The van der Waals surface area contributed by atoms with E-state index >= 15 is 0 Å². The highest BCUT2D eigenvalue weighted by Crippen LogP contribution is 2.18. The SMILES string of the molecule is CNc1nnc(CCCCOc2cccc(Cl)c2)s1. The van der Waals surface area contributed by atoms with Crippen LogP contribution in [0.2, 0.25) is 5.02 Å². The second-order valence-corrected chi connectivity index (χ2v) is 5.51. The van der Waals surface area contributed by atoms with Gasteiger partial charge >= 0.3 is 0 Å². The van der Waals surface area contributed by atoms with Gasteiger partial charge in [0.25, 0.3) is 0 Å². The molecule has 2 aromatic rings. The molecule has 0 aliphatic heterocycles. The van der Waals surface area contributed by atoms with Crippen molar-refractivity contribution in [1.82, 2.24) is 10.2 Å². The summed E-state index contributed by atoms with van der Waals surface area (Å²) >= 11 is 7.48. The summed E-state index contributed by atoms with van der Waals surface area (Å²) in [6.45, 7) is 0.692. The zero-order chi connectivity index (χ0) is 13.5. The van der Waals surface area contributed by atoms with Gasteiger partial charge in [-0.15, -0.1) is 10.2 Å². The largest absolute Gasteiger partial charge is 0.494 e. The fraction of sp³-hybridized carbons (Fsp3) is 0.385. The van der Waals surface area contributed by atoms with E-state index in [2.05, 4.69) is 15.5 Å². The molecule has 2 rings (SSSR count). The Morgan fingerprint density at radius 2 is 2.21 bits per heavy atom. The first-order valence-corrected chi connectivity index (χ1v) is 7.36. The van der Waals surface area contributed by atoms with Crippen LogP contribution < -0.4 is 10.1 Å². The highest BCUT2D eigenvalue weighted by Gasteiger charge is 2.02. The lowest BCUT2D eigenvalue weighted by molar-refractivity contribution is 0.307. The van der Waals surface area contributed by atoms with Crippen LogP contribution in [0.15, 0.2) is 24.3 Å². The van der Waals surface area contributed by atoms with Gasteiger partial charge in [0, 0.05) is 18.5 Å². The van der Waals surface area contributed by atoms with E-state index in [0.717, 1.165) is 35.2 Å². The number of rotatable bonds is 7. The number of nitrogens with one attached hydrogen (secondary N) is 1. The van der Waals surface area contributed by atoms with Crippen molar-refractivity contribution in [3.63, 3.8) is 0 Å². The quantitative estimate of drug-likeness (QED) is 0.793. The summed E-state index contributed by atoms with van der Waals surface area (Å²) < 4.78 is 5.62. The highest BCUT2D eigenvalue weighted by molar-refractivity contribution is 7.15. The Bertz CT molecular complexity index is 518. The Morgan fingerprint density at radius 3 is 2.95 bits per heavy atom. The van der Waals surface area contributed by atoms with Gasteiger partial charge in [-0.05, 0) is 31.0 Å². The van der Waals surface area contributed by atoms with Gasteiger partial charge in [0.05, 0.1) is 6.61 Å². The lowest BCUT2D eigenvalue weighted by atomic mass is 10.2. The summed E-state index contributed by atoms with van der Waals surface area (Å²) in [5, 5.41) is 13.7. The minimum Gasteiger partial charge on any atom is -0.494 e. The predicted octanol–water partition coefficient (Wildman–Crippen LogP) is 3.63. The van der Waals surface area contributed by atoms with E-state index in [0.29, 0.717) is 11.6 Å². The van der Waals surface area contributed by atoms with Gasteiger partial charge in [-0.25, -0.2) is 0 Å². The Balaban J connectivity index is 1.64. The predicted molar refractivity (Wildman–Crippen MR) is 79.3 cm³/mol. The van der Waals surface area contributed by atoms with Crippen molar-refractivity contribution in [2.75, 3.05) is 19.0 Å². The van der Waals surface area contributed by atoms with E-state index in [1.165, 1.54) is 0 Å². The van der Waals surface area contributed by atoms with Gasteiger partial charge < -0.3 is 10.1 Å². The Kier molecular flexibility index (Phi) is 5.42. The summed E-state index contributed by atoms with van der Waals surface area (Å²) in [6.07, 6.45) is 2.97. The van der Waals surface area contributed by atoms with Gasteiger partial charge in [0.15, 0.2) is 0 Å². The molecule has 0 saturated heterocycles. The maximum absolute atomic E-state index is 5.88. The second kappa shape index (κ2) is 7.31. The molecule has 1 N–H and O–H groups in total. The number of aryl methyl sites for hydroxylation is 1. The lowest BCUT2D eigenvalue weighted by Gasteiger charge is -2.05. The van der Waals surface area contributed by atoms with Crippen LogP contribution in [0.1, 0.15) is 17.8 Å². The van der Waals surface area contributed by atoms with Crippen LogP contribution >= 0.6 is 22.9 Å². The first-order chi connectivity index (χ1) is 9.28. The second-order valence-electron chi connectivity index (χ2n) is 4.01. The van der Waals surface area contributed by atoms with Gasteiger partial charge in [-0.3, -0.25) is 0 Å². The van der Waals surface area contributed by atoms with Gasteiger partial charge in [-0.1, -0.05) is 29.0 Å². The molecule has 1 heterocycles. The van der Waals surface area contributed by atoms with Gasteiger partial charge in [-0.2, -0.15) is 0 Å². The zero-order valence-corrected chi connectivity index (χ0v) is 12.3. The van der Waals surface area contributed by atoms with E-state index < -0.39 is 0 Å². The first-order valence-electron chi connectivity index (χ1n) is 6.16. The molecule has 0 atom stereocenters. The standard InChI is InChI=1S/C13H16ClN3OS/c1-15-13-17-16-12(19-13)7-2-3-8-18-11-6-4-5-10(14)9-11/h4-6,9H,2-3,7-8H2,1H3,(H,15,17). The molecule has 102 valence electrons. The minimum atomic E-state index is 0.692. The average Bonchev–Trinajstić information content (AvgIpc) is 2.86. The molecule has 6 heteroatoms. The topological polar surface area (TPSA) is 47.0 Å². The Morgan fingerprint density at radius 1 is 1.32 bits per heavy atom. The molecule has 0 aliphatic carbocycles. The molecule has 0 radical (unpaired) electrons. The van der Waals surface area contributed by atoms with Crippen LogP contribution in [0.4, 0.5) is 5.13 Å². The van der Waals surface area contributed by atoms with Crippen LogP contribution in [0.3, 0.4) is 0 Å². The molecule has 1 aromatic carbocycles.